The van der Waals surface area contributed by atoms with E-state index in [0.29, 0.717) is 22.1 Å². The van der Waals surface area contributed by atoms with Crippen molar-refractivity contribution in [2.45, 2.75) is 26.9 Å². The molecule has 2 amide bonds. The van der Waals surface area contributed by atoms with Crippen LogP contribution in [0.1, 0.15) is 16.8 Å². The Balaban J connectivity index is 1.64. The minimum Gasteiger partial charge on any atom is -0.479 e. The molecule has 0 radical (unpaired) electrons. The monoisotopic (exact) mass is 441 g/mol. The number of anilines is 2. The van der Waals surface area contributed by atoms with Gasteiger partial charge in [0.2, 0.25) is 5.91 Å². The molecule has 3 aromatic rings. The van der Waals surface area contributed by atoms with Crippen molar-refractivity contribution in [3.63, 3.8) is 0 Å². The maximum Gasteiger partial charge on any atom is 0.268 e. The van der Waals surface area contributed by atoms with Gasteiger partial charge in [0.15, 0.2) is 6.10 Å². The van der Waals surface area contributed by atoms with Crippen molar-refractivity contribution in [2.24, 2.45) is 0 Å². The van der Waals surface area contributed by atoms with E-state index in [4.69, 9.17) is 16.3 Å². The van der Waals surface area contributed by atoms with Gasteiger partial charge in [0.1, 0.15) is 12.3 Å². The van der Waals surface area contributed by atoms with Gasteiger partial charge in [-0.15, -0.1) is 11.3 Å². The second kappa shape index (κ2) is 8.08. The number of rotatable bonds is 4. The van der Waals surface area contributed by atoms with Crippen LogP contribution in [0.2, 0.25) is 5.02 Å². The van der Waals surface area contributed by atoms with Crippen LogP contribution in [0.25, 0.3) is 11.3 Å². The maximum atomic E-state index is 12.8. The Labute approximate surface area is 183 Å². The van der Waals surface area contributed by atoms with Gasteiger partial charge in [0, 0.05) is 21.2 Å². The van der Waals surface area contributed by atoms with Crippen LogP contribution in [0.4, 0.5) is 11.4 Å². The Kier molecular flexibility index (Phi) is 5.49. The molecule has 6 nitrogen and oxygen atoms in total. The number of amides is 2. The second-order valence-corrected chi connectivity index (χ2v) is 8.90. The molecule has 0 bridgehead atoms. The van der Waals surface area contributed by atoms with Crippen molar-refractivity contribution in [1.29, 1.82) is 0 Å². The maximum absolute atomic E-state index is 12.8. The smallest absolute Gasteiger partial charge is 0.268 e. The first-order chi connectivity index (χ1) is 14.3. The number of aromatic nitrogens is 1. The van der Waals surface area contributed by atoms with Crippen LogP contribution in [-0.2, 0) is 9.59 Å². The molecule has 0 spiro atoms. The summed E-state index contributed by atoms with van der Waals surface area (Å²) in [4.78, 5) is 32.6. The molecular weight excluding hydrogens is 422 g/mol. The van der Waals surface area contributed by atoms with E-state index in [0.717, 1.165) is 21.1 Å². The van der Waals surface area contributed by atoms with E-state index in [-0.39, 0.29) is 18.4 Å². The van der Waals surface area contributed by atoms with Crippen LogP contribution in [0, 0.1) is 13.8 Å². The first kappa shape index (κ1) is 20.4. The Morgan fingerprint density at radius 2 is 1.97 bits per heavy atom. The minimum absolute atomic E-state index is 0.124. The first-order valence-electron chi connectivity index (χ1n) is 9.43. The zero-order valence-electron chi connectivity index (χ0n) is 16.7. The minimum atomic E-state index is -0.671. The van der Waals surface area contributed by atoms with E-state index in [1.165, 1.54) is 4.90 Å². The van der Waals surface area contributed by atoms with Crippen molar-refractivity contribution in [2.75, 3.05) is 16.8 Å². The molecule has 0 aliphatic carbocycles. The zero-order valence-corrected chi connectivity index (χ0v) is 18.3. The molecule has 4 rings (SSSR count). The fourth-order valence-electron chi connectivity index (χ4n) is 3.39. The van der Waals surface area contributed by atoms with Gasteiger partial charge in [-0.3, -0.25) is 14.5 Å². The Morgan fingerprint density at radius 1 is 1.23 bits per heavy atom. The molecule has 1 unspecified atom stereocenters. The molecule has 1 atom stereocenters. The van der Waals surface area contributed by atoms with Crippen molar-refractivity contribution in [1.82, 2.24) is 4.98 Å². The lowest BCUT2D eigenvalue weighted by Crippen LogP contribution is -2.47. The number of fused-ring (bicyclic) bond motifs is 1. The number of halogens is 1. The predicted octanol–water partition coefficient (Wildman–Crippen LogP) is 4.83. The average Bonchev–Trinajstić information content (AvgIpc) is 3.05. The normalized spacial score (nSPS) is 15.5. The topological polar surface area (TPSA) is 71.5 Å². The summed E-state index contributed by atoms with van der Waals surface area (Å²) >= 11 is 7.51. The number of nitrogens with one attached hydrogen (secondary N) is 1. The molecule has 0 saturated heterocycles. The summed E-state index contributed by atoms with van der Waals surface area (Å²) in [5.41, 5.74) is 2.93. The van der Waals surface area contributed by atoms with Gasteiger partial charge in [-0.2, -0.15) is 0 Å². The third kappa shape index (κ3) is 4.04. The summed E-state index contributed by atoms with van der Waals surface area (Å²) < 4.78 is 5.76. The van der Waals surface area contributed by atoms with E-state index >= 15 is 0 Å². The molecular formula is C22H20ClN3O3S. The van der Waals surface area contributed by atoms with Crippen molar-refractivity contribution in [3.05, 3.63) is 57.4 Å². The molecule has 0 saturated carbocycles. The van der Waals surface area contributed by atoms with Crippen LogP contribution in [0.5, 0.6) is 5.75 Å². The van der Waals surface area contributed by atoms with Crippen molar-refractivity contribution >= 4 is 46.1 Å². The Morgan fingerprint density at radius 3 is 2.63 bits per heavy atom. The summed E-state index contributed by atoms with van der Waals surface area (Å²) in [5.74, 6) is -0.0105. The van der Waals surface area contributed by atoms with Crippen LogP contribution in [0.3, 0.4) is 0 Å². The van der Waals surface area contributed by atoms with Gasteiger partial charge < -0.3 is 10.1 Å². The van der Waals surface area contributed by atoms with Crippen LogP contribution < -0.4 is 15.0 Å². The highest BCUT2D eigenvalue weighted by molar-refractivity contribution is 7.11. The molecule has 2 heterocycles. The van der Waals surface area contributed by atoms with E-state index in [1.54, 1.807) is 42.5 Å². The SMILES string of the molecule is Cc1nc(-c2ccc3c(c2)N(CC(=O)Nc2ccc(Cl)cc2)C(=O)C(C)O3)c(C)s1. The summed E-state index contributed by atoms with van der Waals surface area (Å²) in [6.07, 6.45) is -0.671. The highest BCUT2D eigenvalue weighted by atomic mass is 35.5. The van der Waals surface area contributed by atoms with Gasteiger partial charge in [-0.1, -0.05) is 11.6 Å². The Bertz CT molecular complexity index is 1130. The van der Waals surface area contributed by atoms with Crippen molar-refractivity contribution < 1.29 is 14.3 Å². The number of hydrogen-bond acceptors (Lipinski definition) is 5. The molecule has 1 N–H and O–H groups in total. The summed E-state index contributed by atoms with van der Waals surface area (Å²) in [6.45, 7) is 5.53. The number of hydrogen-bond donors (Lipinski definition) is 1. The number of benzene rings is 2. The molecule has 1 aliphatic rings. The molecule has 154 valence electrons. The van der Waals surface area contributed by atoms with Gasteiger partial charge in [-0.25, -0.2) is 4.98 Å². The molecule has 1 aromatic heterocycles. The third-order valence-corrected chi connectivity index (χ3v) is 5.91. The standard InChI is InChI=1S/C22H20ClN3O3S/c1-12-22(28)26(11-20(27)25-17-7-5-16(23)6-8-17)18-10-15(4-9-19(18)29-12)21-13(2)30-14(3)24-21/h4-10,12H,11H2,1-3H3,(H,25,27). The van der Waals surface area contributed by atoms with Gasteiger partial charge in [0.25, 0.3) is 5.91 Å². The lowest BCUT2D eigenvalue weighted by molar-refractivity contribution is -0.127. The van der Waals surface area contributed by atoms with Gasteiger partial charge in [0.05, 0.1) is 16.4 Å². The third-order valence-electron chi connectivity index (χ3n) is 4.77. The lowest BCUT2D eigenvalue weighted by atomic mass is 10.1. The second-order valence-electron chi connectivity index (χ2n) is 7.06. The lowest BCUT2D eigenvalue weighted by Gasteiger charge is -2.33. The van der Waals surface area contributed by atoms with Crippen molar-refractivity contribution in [3.8, 4) is 17.0 Å². The van der Waals surface area contributed by atoms with E-state index < -0.39 is 6.10 Å². The summed E-state index contributed by atoms with van der Waals surface area (Å²) in [7, 11) is 0. The number of nitrogens with zero attached hydrogens (tertiary/aromatic N) is 2. The average molecular weight is 442 g/mol. The zero-order chi connectivity index (χ0) is 21.4. The van der Waals surface area contributed by atoms with E-state index in [2.05, 4.69) is 10.3 Å². The predicted molar refractivity (Wildman–Crippen MR) is 120 cm³/mol. The van der Waals surface area contributed by atoms with E-state index in [1.807, 2.05) is 32.0 Å². The summed E-state index contributed by atoms with van der Waals surface area (Å²) in [5, 5.41) is 4.35. The number of carbonyl (C=O) groups is 2. The molecule has 2 aromatic carbocycles. The van der Waals surface area contributed by atoms with Crippen LogP contribution in [-0.4, -0.2) is 29.4 Å². The largest absolute Gasteiger partial charge is 0.479 e. The fraction of sp³-hybridized carbons (Fsp3) is 0.227. The number of aryl methyl sites for hydroxylation is 2. The van der Waals surface area contributed by atoms with Crippen LogP contribution >= 0.6 is 22.9 Å². The number of ether oxygens (including phenoxy) is 1. The quantitative estimate of drug-likeness (QED) is 0.629. The molecule has 30 heavy (non-hydrogen) atoms. The number of carbonyl (C=O) groups excluding carboxylic acids is 2. The summed E-state index contributed by atoms with van der Waals surface area (Å²) in [6, 6.07) is 12.4. The molecule has 8 heteroatoms. The van der Waals surface area contributed by atoms with Gasteiger partial charge in [-0.05, 0) is 63.2 Å². The molecule has 1 aliphatic heterocycles. The Hall–Kier alpha value is -2.90. The number of thiazole rings is 1. The van der Waals surface area contributed by atoms with Gasteiger partial charge >= 0.3 is 0 Å². The van der Waals surface area contributed by atoms with Crippen LogP contribution in [0.15, 0.2) is 42.5 Å². The first-order valence-corrected chi connectivity index (χ1v) is 10.6. The highest BCUT2D eigenvalue weighted by Crippen LogP contribution is 2.38. The molecule has 0 fully saturated rings. The van der Waals surface area contributed by atoms with E-state index in [9.17, 15) is 9.59 Å². The fourth-order valence-corrected chi connectivity index (χ4v) is 4.36. The highest BCUT2D eigenvalue weighted by Gasteiger charge is 2.33.